The topological polar surface area (TPSA) is 81.7 Å². The Morgan fingerprint density at radius 2 is 1.65 bits per heavy atom. The Bertz CT molecular complexity index is 488. The van der Waals surface area contributed by atoms with Gasteiger partial charge in [0.25, 0.3) is 0 Å². The van der Waals surface area contributed by atoms with Gasteiger partial charge in [-0.2, -0.15) is 10.2 Å². The van der Waals surface area contributed by atoms with Crippen LogP contribution in [0.25, 0.3) is 0 Å². The van der Waals surface area contributed by atoms with Crippen LogP contribution in [-0.2, 0) is 7.05 Å². The van der Waals surface area contributed by atoms with Crippen LogP contribution in [0.1, 0.15) is 82.4 Å². The predicted octanol–water partition coefficient (Wildman–Crippen LogP) is 3.90. The van der Waals surface area contributed by atoms with Gasteiger partial charge in [-0.1, -0.05) is 58.3 Å². The summed E-state index contributed by atoms with van der Waals surface area (Å²) in [5.41, 5.74) is 2.97. The summed E-state index contributed by atoms with van der Waals surface area (Å²) >= 11 is 0. The Morgan fingerprint density at radius 1 is 1.04 bits per heavy atom. The molecule has 1 aromatic heterocycles. The van der Waals surface area contributed by atoms with Crippen LogP contribution >= 0.6 is 0 Å². The SMILES string of the molecule is CCCCCCCCCCC/C(=N\N)c1cc(/C=N/N)cn1C. The van der Waals surface area contributed by atoms with Gasteiger partial charge in [0.2, 0.25) is 0 Å². The lowest BCUT2D eigenvalue weighted by Gasteiger charge is -2.07. The largest absolute Gasteiger partial charge is 0.349 e. The second kappa shape index (κ2) is 11.7. The first-order chi connectivity index (χ1) is 11.2. The van der Waals surface area contributed by atoms with Crippen molar-refractivity contribution in [3.8, 4) is 0 Å². The van der Waals surface area contributed by atoms with E-state index in [4.69, 9.17) is 11.7 Å². The molecule has 5 heteroatoms. The highest BCUT2D eigenvalue weighted by Gasteiger charge is 2.09. The zero-order chi connectivity index (χ0) is 16.9. The quantitative estimate of drug-likeness (QED) is 0.265. The van der Waals surface area contributed by atoms with Gasteiger partial charge in [-0.3, -0.25) is 0 Å². The van der Waals surface area contributed by atoms with Crippen LogP contribution in [0.2, 0.25) is 0 Å². The Labute approximate surface area is 140 Å². The van der Waals surface area contributed by atoms with Gasteiger partial charge in [-0.05, 0) is 18.9 Å². The fourth-order valence-electron chi connectivity index (χ4n) is 2.90. The molecule has 0 aromatic carbocycles. The van der Waals surface area contributed by atoms with Gasteiger partial charge < -0.3 is 16.3 Å². The standard InChI is InChI=1S/C18H33N5/c1-3-4-5-6-7-8-9-10-11-12-17(22-20)18-13-16(14-21-19)15-23(18)2/h13-15H,3-12,19-20H2,1-2H3/b21-14+,22-17+. The first kappa shape index (κ1) is 19.3. The Hall–Kier alpha value is -1.78. The zero-order valence-corrected chi connectivity index (χ0v) is 14.8. The van der Waals surface area contributed by atoms with Crippen LogP contribution in [0.15, 0.2) is 22.5 Å². The minimum Gasteiger partial charge on any atom is -0.349 e. The average molecular weight is 319 g/mol. The summed E-state index contributed by atoms with van der Waals surface area (Å²) in [6, 6.07) is 2.02. The van der Waals surface area contributed by atoms with Crippen molar-refractivity contribution in [2.75, 3.05) is 0 Å². The molecule has 4 N–H and O–H groups in total. The van der Waals surface area contributed by atoms with Gasteiger partial charge in [0.1, 0.15) is 0 Å². The highest BCUT2D eigenvalue weighted by Crippen LogP contribution is 2.14. The van der Waals surface area contributed by atoms with Crippen molar-refractivity contribution in [3.63, 3.8) is 0 Å². The molecular weight excluding hydrogens is 286 g/mol. The monoisotopic (exact) mass is 319 g/mol. The molecule has 1 aromatic rings. The van der Waals surface area contributed by atoms with Crippen LogP contribution in [-0.4, -0.2) is 16.5 Å². The minimum atomic E-state index is 0.920. The summed E-state index contributed by atoms with van der Waals surface area (Å²) in [5, 5.41) is 7.54. The van der Waals surface area contributed by atoms with Crippen molar-refractivity contribution < 1.29 is 0 Å². The molecule has 0 bridgehead atoms. The van der Waals surface area contributed by atoms with Crippen molar-refractivity contribution >= 4 is 11.9 Å². The molecule has 130 valence electrons. The molecule has 0 atom stereocenters. The molecule has 5 nitrogen and oxygen atoms in total. The molecule has 0 unspecified atom stereocenters. The molecule has 23 heavy (non-hydrogen) atoms. The fraction of sp³-hybridized carbons (Fsp3) is 0.667. The number of aryl methyl sites for hydroxylation is 1. The number of hydrazone groups is 2. The Kier molecular flexibility index (Phi) is 9.84. The summed E-state index contributed by atoms with van der Waals surface area (Å²) < 4.78 is 2.02. The zero-order valence-electron chi connectivity index (χ0n) is 14.8. The molecule has 0 aliphatic rings. The van der Waals surface area contributed by atoms with E-state index in [1.165, 1.54) is 51.4 Å². The van der Waals surface area contributed by atoms with Crippen LogP contribution in [0.3, 0.4) is 0 Å². The average Bonchev–Trinajstić information content (AvgIpc) is 2.90. The van der Waals surface area contributed by atoms with E-state index >= 15 is 0 Å². The van der Waals surface area contributed by atoms with Gasteiger partial charge in [0.15, 0.2) is 0 Å². The summed E-state index contributed by atoms with van der Waals surface area (Å²) in [7, 11) is 1.99. The molecule has 0 aliphatic heterocycles. The molecule has 1 rings (SSSR count). The number of aromatic nitrogens is 1. The number of rotatable bonds is 12. The number of nitrogens with two attached hydrogens (primary N) is 2. The summed E-state index contributed by atoms with van der Waals surface area (Å²) in [5.74, 6) is 10.8. The lowest BCUT2D eigenvalue weighted by Crippen LogP contribution is -2.09. The fourth-order valence-corrected chi connectivity index (χ4v) is 2.90. The van der Waals surface area contributed by atoms with E-state index in [1.807, 2.05) is 23.9 Å². The first-order valence-electron chi connectivity index (χ1n) is 8.89. The maximum atomic E-state index is 5.58. The lowest BCUT2D eigenvalue weighted by atomic mass is 10.0. The number of nitrogens with zero attached hydrogens (tertiary/aromatic N) is 3. The second-order valence-electron chi connectivity index (χ2n) is 6.20. The van der Waals surface area contributed by atoms with E-state index < -0.39 is 0 Å². The molecular formula is C18H33N5. The molecule has 1 heterocycles. The van der Waals surface area contributed by atoms with Crippen molar-refractivity contribution in [3.05, 3.63) is 23.5 Å². The van der Waals surface area contributed by atoms with Crippen LogP contribution < -0.4 is 11.7 Å². The predicted molar refractivity (Wildman–Crippen MR) is 99.8 cm³/mol. The second-order valence-corrected chi connectivity index (χ2v) is 6.20. The number of hydrogen-bond acceptors (Lipinski definition) is 4. The van der Waals surface area contributed by atoms with E-state index in [1.54, 1.807) is 6.21 Å². The van der Waals surface area contributed by atoms with Crippen molar-refractivity contribution in [1.29, 1.82) is 0 Å². The third-order valence-corrected chi connectivity index (χ3v) is 4.22. The van der Waals surface area contributed by atoms with Crippen LogP contribution in [0, 0.1) is 0 Å². The summed E-state index contributed by atoms with van der Waals surface area (Å²) in [6.45, 7) is 2.26. The van der Waals surface area contributed by atoms with Crippen molar-refractivity contribution in [2.45, 2.75) is 71.1 Å². The highest BCUT2D eigenvalue weighted by molar-refractivity contribution is 6.00. The van der Waals surface area contributed by atoms with Crippen molar-refractivity contribution in [2.24, 2.45) is 28.9 Å². The minimum absolute atomic E-state index is 0.920. The van der Waals surface area contributed by atoms with E-state index in [-0.39, 0.29) is 0 Å². The summed E-state index contributed by atoms with van der Waals surface area (Å²) in [6.07, 6.45) is 16.4. The molecule has 0 saturated carbocycles. The van der Waals surface area contributed by atoms with E-state index in [2.05, 4.69) is 17.1 Å². The third-order valence-electron chi connectivity index (χ3n) is 4.22. The molecule has 0 aliphatic carbocycles. The summed E-state index contributed by atoms with van der Waals surface area (Å²) in [4.78, 5) is 0. The molecule has 0 fully saturated rings. The van der Waals surface area contributed by atoms with Gasteiger partial charge in [-0.15, -0.1) is 0 Å². The third kappa shape index (κ3) is 7.35. The Balaban J connectivity index is 2.27. The van der Waals surface area contributed by atoms with Gasteiger partial charge >= 0.3 is 0 Å². The first-order valence-corrected chi connectivity index (χ1v) is 8.89. The molecule has 0 amide bonds. The number of hydrogen-bond donors (Lipinski definition) is 2. The smallest absolute Gasteiger partial charge is 0.0836 e. The van der Waals surface area contributed by atoms with Gasteiger partial charge in [0, 0.05) is 18.8 Å². The normalized spacial score (nSPS) is 12.3. The van der Waals surface area contributed by atoms with Crippen LogP contribution in [0.4, 0.5) is 0 Å². The van der Waals surface area contributed by atoms with Gasteiger partial charge in [-0.25, -0.2) is 0 Å². The van der Waals surface area contributed by atoms with Crippen LogP contribution in [0.5, 0.6) is 0 Å². The Morgan fingerprint density at radius 3 is 2.22 bits per heavy atom. The van der Waals surface area contributed by atoms with E-state index in [9.17, 15) is 0 Å². The van der Waals surface area contributed by atoms with E-state index in [0.717, 1.165) is 29.8 Å². The maximum Gasteiger partial charge on any atom is 0.0836 e. The molecule has 0 spiro atoms. The van der Waals surface area contributed by atoms with E-state index in [0.29, 0.717) is 0 Å². The van der Waals surface area contributed by atoms with Gasteiger partial charge in [0.05, 0.1) is 17.6 Å². The highest BCUT2D eigenvalue weighted by atomic mass is 15.1. The maximum absolute atomic E-state index is 5.58. The molecule has 0 radical (unpaired) electrons. The van der Waals surface area contributed by atoms with Crippen molar-refractivity contribution in [1.82, 2.24) is 4.57 Å². The number of unbranched alkanes of at least 4 members (excludes halogenated alkanes) is 8. The molecule has 0 saturated heterocycles. The lowest BCUT2D eigenvalue weighted by molar-refractivity contribution is 0.568.